The number of likely N-dealkylation sites (N-methyl/N-ethyl adjacent to an activating group) is 1. The monoisotopic (exact) mass is 375 g/mol. The van der Waals surface area contributed by atoms with Crippen molar-refractivity contribution < 1.29 is 9.59 Å². The third-order valence-electron chi connectivity index (χ3n) is 4.89. The number of pyridine rings is 2. The van der Waals surface area contributed by atoms with Crippen LogP contribution in [0.15, 0.2) is 42.9 Å². The van der Waals surface area contributed by atoms with E-state index in [1.807, 2.05) is 36.0 Å². The van der Waals surface area contributed by atoms with Crippen LogP contribution in [0.1, 0.15) is 23.1 Å². The van der Waals surface area contributed by atoms with Gasteiger partial charge in [-0.25, -0.2) is 4.98 Å². The van der Waals surface area contributed by atoms with Gasteiger partial charge in [-0.05, 0) is 41.8 Å². The first-order chi connectivity index (χ1) is 13.5. The molecular formula is C21H21N5O2. The number of carbonyl (C=O) groups excluding carboxylic acids is 2. The Morgan fingerprint density at radius 3 is 3.07 bits per heavy atom. The number of hydrogen-bond acceptors (Lipinski definition) is 4. The van der Waals surface area contributed by atoms with E-state index in [2.05, 4.69) is 15.3 Å². The lowest BCUT2D eigenvalue weighted by atomic mass is 10.0. The zero-order valence-electron chi connectivity index (χ0n) is 15.8. The third kappa shape index (κ3) is 3.51. The van der Waals surface area contributed by atoms with Gasteiger partial charge in [-0.3, -0.25) is 14.6 Å². The van der Waals surface area contributed by atoms with Gasteiger partial charge in [0.25, 0.3) is 0 Å². The fourth-order valence-corrected chi connectivity index (χ4v) is 3.40. The molecule has 1 aliphatic rings. The number of fused-ring (bicyclic) bond motifs is 2. The van der Waals surface area contributed by atoms with Crippen molar-refractivity contribution in [3.05, 3.63) is 59.6 Å². The van der Waals surface area contributed by atoms with E-state index in [1.165, 1.54) is 0 Å². The number of anilines is 1. The second kappa shape index (κ2) is 7.26. The first-order valence-electron chi connectivity index (χ1n) is 9.12. The fraction of sp³-hybridized carbons (Fsp3) is 0.238. The molecule has 0 aromatic carbocycles. The minimum atomic E-state index is -0.0982. The summed E-state index contributed by atoms with van der Waals surface area (Å²) in [4.78, 5) is 34.3. The number of aryl methyl sites for hydroxylation is 2. The molecule has 0 saturated heterocycles. The Kier molecular flexibility index (Phi) is 4.65. The van der Waals surface area contributed by atoms with Crippen LogP contribution in [0.2, 0.25) is 0 Å². The van der Waals surface area contributed by atoms with Crippen molar-refractivity contribution in [2.24, 2.45) is 7.05 Å². The lowest BCUT2D eigenvalue weighted by Crippen LogP contribution is -2.24. The summed E-state index contributed by atoms with van der Waals surface area (Å²) in [6.45, 7) is 0.478. The van der Waals surface area contributed by atoms with E-state index in [0.29, 0.717) is 25.2 Å². The van der Waals surface area contributed by atoms with Crippen molar-refractivity contribution in [2.45, 2.75) is 19.4 Å². The van der Waals surface area contributed by atoms with E-state index in [1.54, 1.807) is 36.5 Å². The highest BCUT2D eigenvalue weighted by atomic mass is 16.2. The van der Waals surface area contributed by atoms with E-state index in [4.69, 9.17) is 0 Å². The molecule has 0 radical (unpaired) electrons. The number of nitrogens with zero attached hydrogens (tertiary/aromatic N) is 4. The number of nitrogens with one attached hydrogen (secondary N) is 1. The van der Waals surface area contributed by atoms with Gasteiger partial charge in [-0.2, -0.15) is 0 Å². The van der Waals surface area contributed by atoms with Gasteiger partial charge >= 0.3 is 0 Å². The average Bonchev–Trinajstić information content (AvgIpc) is 3.01. The van der Waals surface area contributed by atoms with Gasteiger partial charge < -0.3 is 14.8 Å². The quantitative estimate of drug-likeness (QED) is 0.711. The Hall–Kier alpha value is -3.48. The minimum Gasteiger partial charge on any atom is -0.349 e. The van der Waals surface area contributed by atoms with E-state index in [0.717, 1.165) is 27.7 Å². The SMILES string of the molecule is CN(Cc1cn(C)c2cccnc12)C(=O)C=Cc1cnc2c(c1)CCC(=O)N2. The lowest BCUT2D eigenvalue weighted by molar-refractivity contribution is -0.125. The smallest absolute Gasteiger partial charge is 0.246 e. The Morgan fingerprint density at radius 1 is 1.36 bits per heavy atom. The van der Waals surface area contributed by atoms with Crippen LogP contribution in [0.4, 0.5) is 5.82 Å². The van der Waals surface area contributed by atoms with Crippen LogP contribution < -0.4 is 5.32 Å². The molecule has 1 aliphatic heterocycles. The van der Waals surface area contributed by atoms with Crippen LogP contribution in [-0.2, 0) is 29.6 Å². The van der Waals surface area contributed by atoms with Gasteiger partial charge in [0.2, 0.25) is 11.8 Å². The van der Waals surface area contributed by atoms with Gasteiger partial charge in [-0.15, -0.1) is 0 Å². The number of aromatic nitrogens is 3. The second-order valence-electron chi connectivity index (χ2n) is 6.99. The molecule has 3 aromatic rings. The molecule has 0 fully saturated rings. The molecule has 28 heavy (non-hydrogen) atoms. The van der Waals surface area contributed by atoms with Crippen LogP contribution in [0.25, 0.3) is 17.1 Å². The summed E-state index contributed by atoms with van der Waals surface area (Å²) in [5.74, 6) is 0.502. The van der Waals surface area contributed by atoms with E-state index in [-0.39, 0.29) is 11.8 Å². The summed E-state index contributed by atoms with van der Waals surface area (Å²) in [6, 6.07) is 5.88. The van der Waals surface area contributed by atoms with Crippen LogP contribution in [0.5, 0.6) is 0 Å². The molecule has 4 rings (SSSR count). The van der Waals surface area contributed by atoms with E-state index < -0.39 is 0 Å². The molecule has 142 valence electrons. The first kappa shape index (κ1) is 17.9. The average molecular weight is 375 g/mol. The zero-order chi connectivity index (χ0) is 19.7. The van der Waals surface area contributed by atoms with Crippen molar-refractivity contribution in [3.8, 4) is 0 Å². The van der Waals surface area contributed by atoms with Crippen LogP contribution in [0.3, 0.4) is 0 Å². The number of amides is 2. The molecule has 3 aromatic heterocycles. The van der Waals surface area contributed by atoms with Crippen molar-refractivity contribution in [2.75, 3.05) is 12.4 Å². The molecule has 0 spiro atoms. The van der Waals surface area contributed by atoms with Crippen molar-refractivity contribution in [1.82, 2.24) is 19.4 Å². The molecule has 2 amide bonds. The van der Waals surface area contributed by atoms with Gasteiger partial charge in [-0.1, -0.05) is 0 Å². The van der Waals surface area contributed by atoms with E-state index >= 15 is 0 Å². The first-order valence-corrected chi connectivity index (χ1v) is 9.12. The maximum absolute atomic E-state index is 12.5. The summed E-state index contributed by atoms with van der Waals surface area (Å²) >= 11 is 0. The van der Waals surface area contributed by atoms with Crippen molar-refractivity contribution >= 4 is 34.7 Å². The molecule has 0 aliphatic carbocycles. The third-order valence-corrected chi connectivity index (χ3v) is 4.89. The molecule has 4 heterocycles. The fourth-order valence-electron chi connectivity index (χ4n) is 3.40. The minimum absolute atomic E-state index is 0.0111. The van der Waals surface area contributed by atoms with Gasteiger partial charge in [0, 0.05) is 57.3 Å². The van der Waals surface area contributed by atoms with E-state index in [9.17, 15) is 9.59 Å². The largest absolute Gasteiger partial charge is 0.349 e. The van der Waals surface area contributed by atoms with Gasteiger partial charge in [0.05, 0.1) is 11.0 Å². The number of rotatable bonds is 4. The summed E-state index contributed by atoms with van der Waals surface area (Å²) in [6.07, 6.45) is 9.85. The Labute approximate surface area is 162 Å². The second-order valence-corrected chi connectivity index (χ2v) is 6.99. The predicted octanol–water partition coefficient (Wildman–Crippen LogP) is 2.52. The van der Waals surface area contributed by atoms with Gasteiger partial charge in [0.15, 0.2) is 0 Å². The van der Waals surface area contributed by atoms with Crippen molar-refractivity contribution in [1.29, 1.82) is 0 Å². The Bertz CT molecular complexity index is 1100. The molecule has 0 bridgehead atoms. The maximum atomic E-state index is 12.5. The standard InChI is InChI=1S/C21H21N5O2/c1-25-12-16(20-17(25)4-3-9-22-20)13-26(2)19(28)8-5-14-10-15-6-7-18(27)24-21(15)23-11-14/h3-5,8-12H,6-7,13H2,1-2H3,(H,23,24,27). The molecule has 7 nitrogen and oxygen atoms in total. The summed E-state index contributed by atoms with van der Waals surface area (Å²) < 4.78 is 2.02. The lowest BCUT2D eigenvalue weighted by Gasteiger charge is -2.16. The van der Waals surface area contributed by atoms with Crippen LogP contribution >= 0.6 is 0 Å². The number of carbonyl (C=O) groups is 2. The zero-order valence-corrected chi connectivity index (χ0v) is 15.8. The van der Waals surface area contributed by atoms with Crippen LogP contribution in [-0.4, -0.2) is 38.3 Å². The normalized spacial score (nSPS) is 13.6. The van der Waals surface area contributed by atoms with Crippen LogP contribution in [0, 0.1) is 0 Å². The highest BCUT2D eigenvalue weighted by molar-refractivity contribution is 5.94. The molecule has 1 N–H and O–H groups in total. The highest BCUT2D eigenvalue weighted by Gasteiger charge is 2.16. The topological polar surface area (TPSA) is 80.1 Å². The Morgan fingerprint density at radius 2 is 2.21 bits per heavy atom. The Balaban J connectivity index is 1.46. The summed E-state index contributed by atoms with van der Waals surface area (Å²) in [5, 5.41) is 2.76. The summed E-state index contributed by atoms with van der Waals surface area (Å²) in [7, 11) is 3.75. The molecule has 0 unspecified atom stereocenters. The molecule has 7 heteroatoms. The highest BCUT2D eigenvalue weighted by Crippen LogP contribution is 2.22. The predicted molar refractivity (Wildman–Crippen MR) is 107 cm³/mol. The number of hydrogen-bond donors (Lipinski definition) is 1. The molecule has 0 saturated carbocycles. The maximum Gasteiger partial charge on any atom is 0.246 e. The summed E-state index contributed by atoms with van der Waals surface area (Å²) in [5.41, 5.74) is 4.79. The molecular weight excluding hydrogens is 354 g/mol. The van der Waals surface area contributed by atoms with Gasteiger partial charge in [0.1, 0.15) is 5.82 Å². The van der Waals surface area contributed by atoms with Crippen molar-refractivity contribution in [3.63, 3.8) is 0 Å². The molecule has 0 atom stereocenters.